The molecule has 2 atom stereocenters. The highest BCUT2D eigenvalue weighted by molar-refractivity contribution is 5.74. The zero-order chi connectivity index (χ0) is 20.1. The first-order valence-corrected chi connectivity index (χ1v) is 7.87. The average Bonchev–Trinajstić information content (AvgIpc) is 2.47. The van der Waals surface area contributed by atoms with Gasteiger partial charge in [-0.25, -0.2) is 0 Å². The first-order valence-electron chi connectivity index (χ1n) is 7.87. The van der Waals surface area contributed by atoms with Crippen LogP contribution < -0.4 is 11.5 Å². The first-order chi connectivity index (χ1) is 11.9. The van der Waals surface area contributed by atoms with E-state index >= 15 is 0 Å². The van der Waals surface area contributed by atoms with Crippen LogP contribution in [0.4, 0.5) is 0 Å². The summed E-state index contributed by atoms with van der Waals surface area (Å²) in [4.78, 5) is 46.6. The van der Waals surface area contributed by atoms with E-state index in [9.17, 15) is 19.2 Å². The molecule has 8 N–H and O–H groups in total. The van der Waals surface area contributed by atoms with Crippen molar-refractivity contribution in [3.63, 3.8) is 0 Å². The molecular weight excluding hydrogens is 352 g/mol. The number of aliphatic carboxylic acids is 4. The standard InChI is InChI=1S/C14H24N4O8/c15-13(17(5-9(19)20)6-10(21)22)3-1-2-4-14(13,16)18(7-11(23)24)8-12(25)26/h1-8,15-16H2,(H,19,20)(H,21,22)(H,23,24)(H,25,26). The summed E-state index contributed by atoms with van der Waals surface area (Å²) in [6.07, 6.45) is 1.16. The second kappa shape index (κ2) is 8.40. The zero-order valence-corrected chi connectivity index (χ0v) is 14.1. The highest BCUT2D eigenvalue weighted by Gasteiger charge is 2.56. The van der Waals surface area contributed by atoms with Crippen LogP contribution in [0.25, 0.3) is 0 Å². The zero-order valence-electron chi connectivity index (χ0n) is 14.1. The Kier molecular flexibility index (Phi) is 7.03. The topological polar surface area (TPSA) is 208 Å². The van der Waals surface area contributed by atoms with Crippen LogP contribution in [0.5, 0.6) is 0 Å². The first kappa shape index (κ1) is 21.8. The van der Waals surface area contributed by atoms with Crippen LogP contribution in [0, 0.1) is 0 Å². The van der Waals surface area contributed by atoms with Gasteiger partial charge in [-0.3, -0.25) is 29.0 Å². The number of nitrogens with zero attached hydrogens (tertiary/aromatic N) is 2. The van der Waals surface area contributed by atoms with Gasteiger partial charge < -0.3 is 31.9 Å². The molecule has 12 nitrogen and oxygen atoms in total. The molecule has 0 aliphatic heterocycles. The van der Waals surface area contributed by atoms with Gasteiger partial charge in [0.2, 0.25) is 0 Å². The van der Waals surface area contributed by atoms with E-state index in [0.29, 0.717) is 12.8 Å². The van der Waals surface area contributed by atoms with Crippen molar-refractivity contribution in [1.82, 2.24) is 9.80 Å². The minimum Gasteiger partial charge on any atom is -0.480 e. The summed E-state index contributed by atoms with van der Waals surface area (Å²) in [5, 5.41) is 36.4. The molecule has 0 aromatic rings. The van der Waals surface area contributed by atoms with Crippen molar-refractivity contribution in [2.24, 2.45) is 11.5 Å². The number of carboxylic acid groups (broad SMARTS) is 4. The number of hydrogen-bond acceptors (Lipinski definition) is 8. The second-order valence-electron chi connectivity index (χ2n) is 6.34. The summed E-state index contributed by atoms with van der Waals surface area (Å²) < 4.78 is 0. The summed E-state index contributed by atoms with van der Waals surface area (Å²) in [6.45, 7) is -2.96. The Hall–Kier alpha value is -2.28. The van der Waals surface area contributed by atoms with Crippen molar-refractivity contribution in [1.29, 1.82) is 0 Å². The predicted molar refractivity (Wildman–Crippen MR) is 86.0 cm³/mol. The summed E-state index contributed by atoms with van der Waals surface area (Å²) >= 11 is 0. The van der Waals surface area contributed by atoms with Crippen LogP contribution in [0.3, 0.4) is 0 Å². The Bertz CT molecular complexity index is 503. The molecule has 0 bridgehead atoms. The van der Waals surface area contributed by atoms with Gasteiger partial charge in [-0.15, -0.1) is 0 Å². The maximum absolute atomic E-state index is 11.2. The number of carbonyl (C=O) groups is 4. The minimum absolute atomic E-state index is 0.0831. The van der Waals surface area contributed by atoms with Gasteiger partial charge in [-0.05, 0) is 12.8 Å². The van der Waals surface area contributed by atoms with Gasteiger partial charge >= 0.3 is 23.9 Å². The molecule has 0 heterocycles. The molecule has 26 heavy (non-hydrogen) atoms. The van der Waals surface area contributed by atoms with Crippen LogP contribution in [-0.2, 0) is 19.2 Å². The lowest BCUT2D eigenvalue weighted by Gasteiger charge is -2.57. The Morgan fingerprint density at radius 1 is 0.654 bits per heavy atom. The van der Waals surface area contributed by atoms with Gasteiger partial charge in [0, 0.05) is 0 Å². The maximum Gasteiger partial charge on any atom is 0.317 e. The third-order valence-corrected chi connectivity index (χ3v) is 4.55. The van der Waals surface area contributed by atoms with Crippen LogP contribution in [0.1, 0.15) is 25.7 Å². The fourth-order valence-electron chi connectivity index (χ4n) is 3.41. The van der Waals surface area contributed by atoms with Crippen molar-refractivity contribution < 1.29 is 39.6 Å². The molecule has 1 aliphatic rings. The van der Waals surface area contributed by atoms with E-state index in [2.05, 4.69) is 0 Å². The Morgan fingerprint density at radius 2 is 0.885 bits per heavy atom. The van der Waals surface area contributed by atoms with Crippen molar-refractivity contribution in [3.8, 4) is 0 Å². The third kappa shape index (κ3) is 4.88. The van der Waals surface area contributed by atoms with Gasteiger partial charge in [-0.1, -0.05) is 12.8 Å². The van der Waals surface area contributed by atoms with Crippen LogP contribution in [0.2, 0.25) is 0 Å². The highest BCUT2D eigenvalue weighted by atomic mass is 16.4. The quantitative estimate of drug-likeness (QED) is 0.225. The lowest BCUT2D eigenvalue weighted by Crippen LogP contribution is -2.81. The molecule has 1 fully saturated rings. The van der Waals surface area contributed by atoms with Crippen LogP contribution >= 0.6 is 0 Å². The van der Waals surface area contributed by atoms with Crippen molar-refractivity contribution in [2.45, 2.75) is 37.0 Å². The second-order valence-corrected chi connectivity index (χ2v) is 6.34. The van der Waals surface area contributed by atoms with Crippen molar-refractivity contribution in [2.75, 3.05) is 26.2 Å². The summed E-state index contributed by atoms with van der Waals surface area (Å²) in [6, 6.07) is 0. The minimum atomic E-state index is -1.74. The average molecular weight is 376 g/mol. The monoisotopic (exact) mass is 376 g/mol. The SMILES string of the molecule is NC1(N(CC(=O)O)CC(=O)O)CCCCC1(N)N(CC(=O)O)CC(=O)O. The molecule has 1 saturated carbocycles. The number of rotatable bonds is 10. The smallest absolute Gasteiger partial charge is 0.317 e. The fraction of sp³-hybridized carbons (Fsp3) is 0.714. The molecule has 0 aromatic carbocycles. The fourth-order valence-corrected chi connectivity index (χ4v) is 3.41. The molecule has 2 unspecified atom stereocenters. The molecule has 0 spiro atoms. The molecule has 0 aromatic heterocycles. The molecular formula is C14H24N4O8. The normalized spacial score (nSPS) is 26.0. The van der Waals surface area contributed by atoms with E-state index in [1.165, 1.54) is 0 Å². The molecule has 12 heteroatoms. The number of carboxylic acids is 4. The number of hydrogen-bond donors (Lipinski definition) is 6. The Balaban J connectivity index is 3.38. The van der Waals surface area contributed by atoms with Crippen molar-refractivity contribution in [3.05, 3.63) is 0 Å². The lowest BCUT2D eigenvalue weighted by molar-refractivity contribution is -0.163. The maximum atomic E-state index is 11.2. The van der Waals surface area contributed by atoms with Crippen LogP contribution in [0.15, 0.2) is 0 Å². The van der Waals surface area contributed by atoms with E-state index in [-0.39, 0.29) is 12.8 Å². The molecule has 1 rings (SSSR count). The molecule has 0 saturated heterocycles. The highest BCUT2D eigenvalue weighted by Crippen LogP contribution is 2.38. The summed E-state index contributed by atoms with van der Waals surface area (Å²) in [5.74, 6) is -5.36. The summed E-state index contributed by atoms with van der Waals surface area (Å²) in [5.41, 5.74) is 9.27. The predicted octanol–water partition coefficient (Wildman–Crippen LogP) is -2.19. The van der Waals surface area contributed by atoms with Crippen molar-refractivity contribution >= 4 is 23.9 Å². The third-order valence-electron chi connectivity index (χ3n) is 4.55. The Labute approximate surface area is 149 Å². The van der Waals surface area contributed by atoms with E-state index in [1.54, 1.807) is 0 Å². The van der Waals surface area contributed by atoms with E-state index in [4.69, 9.17) is 31.9 Å². The van der Waals surface area contributed by atoms with E-state index < -0.39 is 61.4 Å². The van der Waals surface area contributed by atoms with Gasteiger partial charge in [0.15, 0.2) is 0 Å². The molecule has 0 amide bonds. The molecule has 0 radical (unpaired) electrons. The van der Waals surface area contributed by atoms with Crippen LogP contribution in [-0.4, -0.2) is 91.6 Å². The summed E-state index contributed by atoms with van der Waals surface area (Å²) in [7, 11) is 0. The lowest BCUT2D eigenvalue weighted by atomic mass is 9.76. The van der Waals surface area contributed by atoms with E-state index in [0.717, 1.165) is 9.80 Å². The van der Waals surface area contributed by atoms with Gasteiger partial charge in [0.1, 0.15) is 11.3 Å². The van der Waals surface area contributed by atoms with E-state index in [1.807, 2.05) is 0 Å². The largest absolute Gasteiger partial charge is 0.480 e. The molecule has 148 valence electrons. The molecule has 1 aliphatic carbocycles. The van der Waals surface area contributed by atoms with Gasteiger partial charge in [0.05, 0.1) is 26.2 Å². The number of nitrogens with two attached hydrogens (primary N) is 2. The van der Waals surface area contributed by atoms with Gasteiger partial charge in [-0.2, -0.15) is 0 Å². The van der Waals surface area contributed by atoms with Gasteiger partial charge in [0.25, 0.3) is 0 Å². The Morgan fingerprint density at radius 3 is 1.08 bits per heavy atom.